The van der Waals surface area contributed by atoms with Crippen LogP contribution < -0.4 is 15.0 Å². The predicted octanol–water partition coefficient (Wildman–Crippen LogP) is 3.02. The number of carbonyl (C=O) groups is 2. The molecule has 0 spiro atoms. The van der Waals surface area contributed by atoms with Gasteiger partial charge in [0.05, 0.1) is 6.33 Å². The molecule has 2 heterocycles. The fraction of sp³-hybridized carbons (Fsp3) is 0.190. The third kappa shape index (κ3) is 4.03. The number of imidazole rings is 1. The second-order valence-corrected chi connectivity index (χ2v) is 6.50. The fourth-order valence-corrected chi connectivity index (χ4v) is 3.14. The molecule has 1 aliphatic rings. The minimum absolute atomic E-state index is 0.110. The Balaban J connectivity index is 1.33. The van der Waals surface area contributed by atoms with Crippen molar-refractivity contribution in [3.8, 4) is 11.4 Å². The van der Waals surface area contributed by atoms with Gasteiger partial charge in [-0.15, -0.1) is 0 Å². The van der Waals surface area contributed by atoms with Gasteiger partial charge in [-0.05, 0) is 42.8 Å². The van der Waals surface area contributed by atoms with Crippen LogP contribution in [0.1, 0.15) is 12.8 Å². The summed E-state index contributed by atoms with van der Waals surface area (Å²) < 4.78 is 7.48. The molecule has 7 nitrogen and oxygen atoms in total. The van der Waals surface area contributed by atoms with Crippen LogP contribution in [0.15, 0.2) is 67.3 Å². The van der Waals surface area contributed by atoms with Crippen molar-refractivity contribution in [2.45, 2.75) is 12.8 Å². The molecule has 142 valence electrons. The van der Waals surface area contributed by atoms with E-state index in [2.05, 4.69) is 10.3 Å². The van der Waals surface area contributed by atoms with Gasteiger partial charge in [0.2, 0.25) is 5.91 Å². The van der Waals surface area contributed by atoms with Gasteiger partial charge >= 0.3 is 0 Å². The number of nitrogens with one attached hydrogen (secondary N) is 1. The van der Waals surface area contributed by atoms with Crippen molar-refractivity contribution in [2.24, 2.45) is 0 Å². The zero-order valence-corrected chi connectivity index (χ0v) is 15.2. The molecule has 2 aromatic carbocycles. The molecule has 1 aromatic heterocycles. The lowest BCUT2D eigenvalue weighted by Gasteiger charge is -2.16. The molecule has 1 fully saturated rings. The van der Waals surface area contributed by atoms with E-state index in [9.17, 15) is 9.59 Å². The van der Waals surface area contributed by atoms with Crippen LogP contribution in [0, 0.1) is 0 Å². The largest absolute Gasteiger partial charge is 0.484 e. The Kier molecular flexibility index (Phi) is 5.05. The fourth-order valence-electron chi connectivity index (χ4n) is 3.14. The molecule has 1 aliphatic heterocycles. The molecule has 0 atom stereocenters. The zero-order chi connectivity index (χ0) is 19.3. The van der Waals surface area contributed by atoms with Crippen LogP contribution in [0.2, 0.25) is 0 Å². The van der Waals surface area contributed by atoms with Gasteiger partial charge in [-0.3, -0.25) is 9.59 Å². The van der Waals surface area contributed by atoms with Crippen LogP contribution in [0.3, 0.4) is 0 Å². The Morgan fingerprint density at radius 3 is 2.71 bits per heavy atom. The standard InChI is InChI=1S/C21H20N4O3/c26-20(23-16-6-8-17(9-7-16)24-12-10-22-15-24)14-28-19-4-1-3-18(13-19)25-11-2-5-21(25)27/h1,3-4,6-10,12-13,15H,2,5,11,14H2,(H,23,26). The van der Waals surface area contributed by atoms with Crippen LogP contribution in [0.4, 0.5) is 11.4 Å². The van der Waals surface area contributed by atoms with E-state index < -0.39 is 0 Å². The number of anilines is 2. The van der Waals surface area contributed by atoms with E-state index in [0.717, 1.165) is 24.3 Å². The maximum atomic E-state index is 12.2. The average Bonchev–Trinajstić information content (AvgIpc) is 3.39. The van der Waals surface area contributed by atoms with E-state index in [0.29, 0.717) is 17.9 Å². The van der Waals surface area contributed by atoms with Crippen molar-refractivity contribution < 1.29 is 14.3 Å². The molecule has 0 radical (unpaired) electrons. The monoisotopic (exact) mass is 376 g/mol. The number of benzene rings is 2. The lowest BCUT2D eigenvalue weighted by atomic mass is 10.2. The second-order valence-electron chi connectivity index (χ2n) is 6.50. The number of ether oxygens (including phenoxy) is 1. The van der Waals surface area contributed by atoms with Gasteiger partial charge in [-0.1, -0.05) is 6.07 Å². The number of carbonyl (C=O) groups excluding carboxylic acids is 2. The summed E-state index contributed by atoms with van der Waals surface area (Å²) in [5.74, 6) is 0.426. The summed E-state index contributed by atoms with van der Waals surface area (Å²) >= 11 is 0. The summed E-state index contributed by atoms with van der Waals surface area (Å²) in [6, 6.07) is 14.7. The highest BCUT2D eigenvalue weighted by Crippen LogP contribution is 2.25. The highest BCUT2D eigenvalue weighted by molar-refractivity contribution is 5.95. The molecular weight excluding hydrogens is 356 g/mol. The van der Waals surface area contributed by atoms with Gasteiger partial charge in [0.15, 0.2) is 6.61 Å². The van der Waals surface area contributed by atoms with Gasteiger partial charge in [0.25, 0.3) is 5.91 Å². The molecule has 0 saturated carbocycles. The van der Waals surface area contributed by atoms with Crippen molar-refractivity contribution in [1.29, 1.82) is 0 Å². The van der Waals surface area contributed by atoms with Gasteiger partial charge < -0.3 is 19.5 Å². The molecule has 0 unspecified atom stereocenters. The third-order valence-corrected chi connectivity index (χ3v) is 4.53. The van der Waals surface area contributed by atoms with Crippen molar-refractivity contribution >= 4 is 23.2 Å². The van der Waals surface area contributed by atoms with E-state index >= 15 is 0 Å². The smallest absolute Gasteiger partial charge is 0.262 e. The van der Waals surface area contributed by atoms with E-state index in [1.807, 2.05) is 47.2 Å². The van der Waals surface area contributed by atoms with E-state index in [1.165, 1.54) is 0 Å². The molecule has 4 rings (SSSR count). The quantitative estimate of drug-likeness (QED) is 0.717. The van der Waals surface area contributed by atoms with Crippen molar-refractivity contribution in [3.05, 3.63) is 67.3 Å². The Hall–Kier alpha value is -3.61. The van der Waals surface area contributed by atoms with E-state index in [1.54, 1.807) is 29.6 Å². The molecule has 0 aliphatic carbocycles. The molecule has 2 amide bonds. The summed E-state index contributed by atoms with van der Waals surface area (Å²) in [5, 5.41) is 2.81. The zero-order valence-electron chi connectivity index (χ0n) is 15.2. The number of hydrogen-bond donors (Lipinski definition) is 1. The molecular formula is C21H20N4O3. The lowest BCUT2D eigenvalue weighted by Crippen LogP contribution is -2.24. The van der Waals surface area contributed by atoms with Crippen LogP contribution in [-0.2, 0) is 9.59 Å². The lowest BCUT2D eigenvalue weighted by molar-refractivity contribution is -0.118. The van der Waals surface area contributed by atoms with Crippen LogP contribution in [0.25, 0.3) is 5.69 Å². The number of aromatic nitrogens is 2. The average molecular weight is 376 g/mol. The molecule has 3 aromatic rings. The number of hydrogen-bond acceptors (Lipinski definition) is 4. The van der Waals surface area contributed by atoms with Gasteiger partial charge in [-0.2, -0.15) is 0 Å². The van der Waals surface area contributed by atoms with E-state index in [4.69, 9.17) is 4.74 Å². The first-order chi connectivity index (χ1) is 13.7. The van der Waals surface area contributed by atoms with Crippen LogP contribution >= 0.6 is 0 Å². The number of amides is 2. The first-order valence-electron chi connectivity index (χ1n) is 9.10. The summed E-state index contributed by atoms with van der Waals surface area (Å²) in [5.41, 5.74) is 2.45. The summed E-state index contributed by atoms with van der Waals surface area (Å²) in [6.45, 7) is 0.610. The maximum absolute atomic E-state index is 12.2. The highest BCUT2D eigenvalue weighted by atomic mass is 16.5. The molecule has 7 heteroatoms. The molecule has 1 saturated heterocycles. The molecule has 28 heavy (non-hydrogen) atoms. The topological polar surface area (TPSA) is 76.5 Å². The Bertz CT molecular complexity index is 968. The van der Waals surface area contributed by atoms with Gasteiger partial charge in [0.1, 0.15) is 5.75 Å². The highest BCUT2D eigenvalue weighted by Gasteiger charge is 2.21. The Morgan fingerprint density at radius 2 is 2.00 bits per heavy atom. The van der Waals surface area contributed by atoms with Crippen molar-refractivity contribution in [2.75, 3.05) is 23.4 Å². The van der Waals surface area contributed by atoms with Gasteiger partial charge in [-0.25, -0.2) is 4.98 Å². The summed E-state index contributed by atoms with van der Waals surface area (Å²) in [7, 11) is 0. The normalized spacial score (nSPS) is 13.6. The summed E-state index contributed by atoms with van der Waals surface area (Å²) in [6.07, 6.45) is 6.72. The SMILES string of the molecule is O=C(COc1cccc(N2CCCC2=O)c1)Nc1ccc(-n2ccnc2)cc1. The molecule has 0 bridgehead atoms. The van der Waals surface area contributed by atoms with Crippen molar-refractivity contribution in [3.63, 3.8) is 0 Å². The molecule has 1 N–H and O–H groups in total. The van der Waals surface area contributed by atoms with Crippen LogP contribution in [0.5, 0.6) is 5.75 Å². The Morgan fingerprint density at radius 1 is 1.14 bits per heavy atom. The first-order valence-corrected chi connectivity index (χ1v) is 9.10. The first kappa shape index (κ1) is 17.8. The minimum atomic E-state index is -0.252. The minimum Gasteiger partial charge on any atom is -0.484 e. The Labute approximate surface area is 162 Å². The second kappa shape index (κ2) is 7.96. The van der Waals surface area contributed by atoms with E-state index in [-0.39, 0.29) is 18.4 Å². The predicted molar refractivity (Wildman–Crippen MR) is 106 cm³/mol. The maximum Gasteiger partial charge on any atom is 0.262 e. The summed E-state index contributed by atoms with van der Waals surface area (Å²) in [4.78, 5) is 29.8. The third-order valence-electron chi connectivity index (χ3n) is 4.53. The van der Waals surface area contributed by atoms with Gasteiger partial charge in [0, 0.05) is 48.5 Å². The van der Waals surface area contributed by atoms with Crippen LogP contribution in [-0.4, -0.2) is 34.5 Å². The number of nitrogens with zero attached hydrogens (tertiary/aromatic N) is 3. The number of rotatable bonds is 6. The van der Waals surface area contributed by atoms with Crippen molar-refractivity contribution in [1.82, 2.24) is 9.55 Å².